The van der Waals surface area contributed by atoms with Crippen molar-refractivity contribution in [1.82, 2.24) is 15.0 Å². The molecule has 4 rings (SSSR count). The van der Waals surface area contributed by atoms with Crippen molar-refractivity contribution in [3.05, 3.63) is 74.6 Å². The van der Waals surface area contributed by atoms with Gasteiger partial charge in [0.1, 0.15) is 6.54 Å². The average Bonchev–Trinajstić information content (AvgIpc) is 3.21. The largest absolute Gasteiger partial charge is 0.337 e. The molecule has 0 radical (unpaired) electrons. The van der Waals surface area contributed by atoms with Crippen LogP contribution in [0.3, 0.4) is 0 Å². The monoisotopic (exact) mass is 384 g/mol. The van der Waals surface area contributed by atoms with Gasteiger partial charge in [-0.3, -0.25) is 24.6 Å². The van der Waals surface area contributed by atoms with Crippen LogP contribution < -0.4 is 0 Å². The minimum absolute atomic E-state index is 0.0243. The van der Waals surface area contributed by atoms with Crippen LogP contribution in [0, 0.1) is 10.1 Å². The van der Waals surface area contributed by atoms with Crippen LogP contribution in [0.1, 0.15) is 26.6 Å². The first-order valence-electron chi connectivity index (χ1n) is 7.67. The van der Waals surface area contributed by atoms with E-state index in [0.29, 0.717) is 10.6 Å². The SMILES string of the molecule is O=C1c2ccc([N+](=O)[O-])cc2C(=O)N1Cc1nc(-c2cccc(Cl)c2)no1. The zero-order chi connectivity index (χ0) is 19.1. The number of amides is 2. The zero-order valence-corrected chi connectivity index (χ0v) is 14.2. The van der Waals surface area contributed by atoms with Crippen LogP contribution in [0.4, 0.5) is 5.69 Å². The number of fused-ring (bicyclic) bond motifs is 1. The lowest BCUT2D eigenvalue weighted by Gasteiger charge is -2.09. The van der Waals surface area contributed by atoms with Crippen LogP contribution in [-0.2, 0) is 6.54 Å². The standard InChI is InChI=1S/C17H9ClN4O5/c18-10-3-1-2-9(6-10)15-19-14(27-20-15)8-21-16(23)12-5-4-11(22(25)26)7-13(12)17(21)24/h1-7H,8H2. The van der Waals surface area contributed by atoms with Crippen LogP contribution in [0.25, 0.3) is 11.4 Å². The molecule has 0 N–H and O–H groups in total. The molecule has 0 saturated carbocycles. The number of rotatable bonds is 4. The highest BCUT2D eigenvalue weighted by atomic mass is 35.5. The fourth-order valence-corrected chi connectivity index (χ4v) is 2.93. The molecule has 0 bridgehead atoms. The molecule has 0 aliphatic carbocycles. The van der Waals surface area contributed by atoms with Gasteiger partial charge in [-0.1, -0.05) is 28.9 Å². The Morgan fingerprint density at radius 2 is 1.89 bits per heavy atom. The molecule has 134 valence electrons. The van der Waals surface area contributed by atoms with Gasteiger partial charge in [-0.05, 0) is 18.2 Å². The van der Waals surface area contributed by atoms with E-state index in [1.807, 2.05) is 0 Å². The fourth-order valence-electron chi connectivity index (χ4n) is 2.74. The summed E-state index contributed by atoms with van der Waals surface area (Å²) < 4.78 is 5.12. The predicted molar refractivity (Wildman–Crippen MR) is 92.0 cm³/mol. The van der Waals surface area contributed by atoms with E-state index in [1.54, 1.807) is 24.3 Å². The molecule has 27 heavy (non-hydrogen) atoms. The number of non-ortho nitro benzene ring substituents is 1. The second-order valence-corrected chi connectivity index (χ2v) is 6.14. The van der Waals surface area contributed by atoms with E-state index in [1.165, 1.54) is 12.1 Å². The summed E-state index contributed by atoms with van der Waals surface area (Å²) in [5, 5.41) is 15.2. The Balaban J connectivity index is 1.60. The summed E-state index contributed by atoms with van der Waals surface area (Å²) >= 11 is 5.93. The Bertz CT molecular complexity index is 1110. The molecule has 9 nitrogen and oxygen atoms in total. The van der Waals surface area contributed by atoms with Crippen molar-refractivity contribution in [1.29, 1.82) is 0 Å². The van der Waals surface area contributed by atoms with Crippen LogP contribution in [0.5, 0.6) is 0 Å². The number of nitrogens with zero attached hydrogens (tertiary/aromatic N) is 4. The molecule has 0 fully saturated rings. The number of hydrogen-bond donors (Lipinski definition) is 0. The third kappa shape index (κ3) is 2.93. The molecule has 2 amide bonds. The number of imide groups is 1. The lowest BCUT2D eigenvalue weighted by Crippen LogP contribution is -2.29. The highest BCUT2D eigenvalue weighted by Gasteiger charge is 2.37. The molecule has 10 heteroatoms. The average molecular weight is 385 g/mol. The Hall–Kier alpha value is -3.59. The van der Waals surface area contributed by atoms with Gasteiger partial charge in [-0.15, -0.1) is 0 Å². The Morgan fingerprint density at radius 1 is 1.11 bits per heavy atom. The first kappa shape index (κ1) is 16.9. The zero-order valence-electron chi connectivity index (χ0n) is 13.5. The maximum atomic E-state index is 12.5. The number of nitro benzene ring substituents is 1. The highest BCUT2D eigenvalue weighted by Crippen LogP contribution is 2.28. The summed E-state index contributed by atoms with van der Waals surface area (Å²) in [6, 6.07) is 10.3. The summed E-state index contributed by atoms with van der Waals surface area (Å²) in [7, 11) is 0. The molecule has 0 unspecified atom stereocenters. The van der Waals surface area contributed by atoms with Crippen molar-refractivity contribution in [2.24, 2.45) is 0 Å². The highest BCUT2D eigenvalue weighted by molar-refractivity contribution is 6.30. The second kappa shape index (κ2) is 6.29. The van der Waals surface area contributed by atoms with E-state index >= 15 is 0 Å². The number of carbonyl (C=O) groups is 2. The molecule has 3 aromatic rings. The van der Waals surface area contributed by atoms with E-state index in [4.69, 9.17) is 16.1 Å². The molecule has 1 aliphatic heterocycles. The van der Waals surface area contributed by atoms with E-state index in [2.05, 4.69) is 10.1 Å². The minimum Gasteiger partial charge on any atom is -0.337 e. The van der Waals surface area contributed by atoms with Gasteiger partial charge in [0.15, 0.2) is 0 Å². The van der Waals surface area contributed by atoms with Crippen LogP contribution in [-0.4, -0.2) is 31.8 Å². The van der Waals surface area contributed by atoms with Crippen molar-refractivity contribution < 1.29 is 19.0 Å². The third-order valence-electron chi connectivity index (χ3n) is 4.01. The fraction of sp³-hybridized carbons (Fsp3) is 0.0588. The van der Waals surface area contributed by atoms with E-state index in [0.717, 1.165) is 11.0 Å². The molecule has 1 aliphatic rings. The Kier molecular flexibility index (Phi) is 3.93. The van der Waals surface area contributed by atoms with Crippen LogP contribution >= 0.6 is 11.6 Å². The maximum absolute atomic E-state index is 12.5. The smallest absolute Gasteiger partial charge is 0.270 e. The molecule has 0 atom stereocenters. The molecule has 1 aromatic heterocycles. The van der Waals surface area contributed by atoms with Crippen LogP contribution in [0.2, 0.25) is 5.02 Å². The molecule has 0 spiro atoms. The van der Waals surface area contributed by atoms with E-state index in [-0.39, 0.29) is 35.1 Å². The molecular formula is C17H9ClN4O5. The molecular weight excluding hydrogens is 376 g/mol. The van der Waals surface area contributed by atoms with Crippen molar-refractivity contribution in [3.63, 3.8) is 0 Å². The number of aromatic nitrogens is 2. The van der Waals surface area contributed by atoms with Gasteiger partial charge < -0.3 is 4.52 Å². The number of halogens is 1. The molecule has 2 heterocycles. The lowest BCUT2D eigenvalue weighted by atomic mass is 10.1. The Labute approximate surface area is 156 Å². The van der Waals surface area contributed by atoms with Crippen molar-refractivity contribution in [2.45, 2.75) is 6.54 Å². The first-order chi connectivity index (χ1) is 12.9. The summed E-state index contributed by atoms with van der Waals surface area (Å²) in [6.07, 6.45) is 0. The molecule has 0 saturated heterocycles. The molecule has 2 aromatic carbocycles. The van der Waals surface area contributed by atoms with Crippen molar-refractivity contribution in [3.8, 4) is 11.4 Å². The van der Waals surface area contributed by atoms with Gasteiger partial charge in [0.25, 0.3) is 17.5 Å². The van der Waals surface area contributed by atoms with Crippen LogP contribution in [0.15, 0.2) is 47.0 Å². The number of benzene rings is 2. The summed E-state index contributed by atoms with van der Waals surface area (Å²) in [4.78, 5) is 40.3. The van der Waals surface area contributed by atoms with Gasteiger partial charge in [-0.25, -0.2) is 0 Å². The van der Waals surface area contributed by atoms with E-state index < -0.39 is 16.7 Å². The van der Waals surface area contributed by atoms with Gasteiger partial charge >= 0.3 is 0 Å². The minimum atomic E-state index is -0.652. The summed E-state index contributed by atoms with van der Waals surface area (Å²) in [5.74, 6) is -0.915. The number of nitro groups is 1. The number of hydrogen-bond acceptors (Lipinski definition) is 7. The third-order valence-corrected chi connectivity index (χ3v) is 4.24. The quantitative estimate of drug-likeness (QED) is 0.385. The van der Waals surface area contributed by atoms with Gasteiger partial charge in [-0.2, -0.15) is 4.98 Å². The Morgan fingerprint density at radius 3 is 2.63 bits per heavy atom. The van der Waals surface area contributed by atoms with Crippen molar-refractivity contribution >= 4 is 29.1 Å². The lowest BCUT2D eigenvalue weighted by molar-refractivity contribution is -0.384. The maximum Gasteiger partial charge on any atom is 0.270 e. The summed E-state index contributed by atoms with van der Waals surface area (Å²) in [6.45, 7) is -0.242. The number of carbonyl (C=O) groups excluding carboxylic acids is 2. The second-order valence-electron chi connectivity index (χ2n) is 5.71. The predicted octanol–water partition coefficient (Wildman–Crippen LogP) is 3.09. The van der Waals surface area contributed by atoms with Gasteiger partial charge in [0.05, 0.1) is 16.1 Å². The van der Waals surface area contributed by atoms with Gasteiger partial charge in [0.2, 0.25) is 11.7 Å². The first-order valence-corrected chi connectivity index (χ1v) is 8.05. The topological polar surface area (TPSA) is 119 Å². The van der Waals surface area contributed by atoms with E-state index in [9.17, 15) is 19.7 Å². The van der Waals surface area contributed by atoms with Crippen molar-refractivity contribution in [2.75, 3.05) is 0 Å². The van der Waals surface area contributed by atoms with Gasteiger partial charge in [0, 0.05) is 22.7 Å². The summed E-state index contributed by atoms with van der Waals surface area (Å²) in [5.41, 5.74) is 0.428. The normalized spacial score (nSPS) is 13.1.